The molecule has 2 rings (SSSR count). The third-order valence-corrected chi connectivity index (χ3v) is 1.89. The van der Waals surface area contributed by atoms with Crippen molar-refractivity contribution in [3.63, 3.8) is 0 Å². The molecule has 2 aromatic rings. The van der Waals surface area contributed by atoms with Gasteiger partial charge in [0, 0.05) is 18.1 Å². The molecular formula is C9H10N2O2. The van der Waals surface area contributed by atoms with Gasteiger partial charge in [0.2, 0.25) is 0 Å². The summed E-state index contributed by atoms with van der Waals surface area (Å²) >= 11 is 0. The van der Waals surface area contributed by atoms with Crippen LogP contribution in [0.5, 0.6) is 0 Å². The molecule has 0 amide bonds. The van der Waals surface area contributed by atoms with E-state index < -0.39 is 6.10 Å². The van der Waals surface area contributed by atoms with Crippen LogP contribution in [0.2, 0.25) is 0 Å². The van der Waals surface area contributed by atoms with E-state index in [1.54, 1.807) is 18.5 Å². The zero-order valence-electron chi connectivity index (χ0n) is 6.97. The number of aromatic nitrogens is 1. The number of hydrogen-bond acceptors (Lipinski definition) is 4. The third-order valence-electron chi connectivity index (χ3n) is 1.89. The van der Waals surface area contributed by atoms with Gasteiger partial charge >= 0.3 is 0 Å². The highest BCUT2D eigenvalue weighted by Gasteiger charge is 2.10. The molecule has 0 aromatic carbocycles. The minimum Gasteiger partial charge on any atom is -0.457 e. The van der Waals surface area contributed by atoms with Crippen LogP contribution in [-0.2, 0) is 0 Å². The van der Waals surface area contributed by atoms with Crippen molar-refractivity contribution in [2.24, 2.45) is 5.73 Å². The summed E-state index contributed by atoms with van der Waals surface area (Å²) in [4.78, 5) is 3.90. The van der Waals surface area contributed by atoms with Crippen LogP contribution in [0.25, 0.3) is 11.0 Å². The maximum atomic E-state index is 9.39. The molecule has 0 aliphatic rings. The summed E-state index contributed by atoms with van der Waals surface area (Å²) < 4.78 is 5.33. The maximum absolute atomic E-state index is 9.39. The molecule has 2 heterocycles. The smallest absolute Gasteiger partial charge is 0.152 e. The van der Waals surface area contributed by atoms with E-state index in [9.17, 15) is 5.11 Å². The molecule has 0 spiro atoms. The molecule has 3 N–H and O–H groups in total. The number of furan rings is 1. The molecule has 1 unspecified atom stereocenters. The van der Waals surface area contributed by atoms with E-state index in [0.29, 0.717) is 11.3 Å². The summed E-state index contributed by atoms with van der Waals surface area (Å²) in [5.74, 6) is 0.491. The summed E-state index contributed by atoms with van der Waals surface area (Å²) in [5, 5.41) is 10.3. The molecular weight excluding hydrogens is 168 g/mol. The first-order chi connectivity index (χ1) is 6.31. The fourth-order valence-corrected chi connectivity index (χ4v) is 1.19. The Morgan fingerprint density at radius 3 is 3.15 bits per heavy atom. The molecule has 4 nitrogen and oxygen atoms in total. The van der Waals surface area contributed by atoms with Gasteiger partial charge in [0.05, 0.1) is 6.20 Å². The van der Waals surface area contributed by atoms with E-state index in [0.717, 1.165) is 5.39 Å². The summed E-state index contributed by atoms with van der Waals surface area (Å²) in [6.07, 6.45) is 2.56. The summed E-state index contributed by atoms with van der Waals surface area (Å²) in [5.41, 5.74) is 5.97. The predicted octanol–water partition coefficient (Wildman–Crippen LogP) is 0.820. The number of hydrogen-bond donors (Lipinski definition) is 2. The fourth-order valence-electron chi connectivity index (χ4n) is 1.19. The van der Waals surface area contributed by atoms with E-state index in [4.69, 9.17) is 10.2 Å². The van der Waals surface area contributed by atoms with Gasteiger partial charge in [-0.3, -0.25) is 4.98 Å². The van der Waals surface area contributed by atoms with Gasteiger partial charge in [0.1, 0.15) is 11.9 Å². The van der Waals surface area contributed by atoms with Crippen LogP contribution in [0.3, 0.4) is 0 Å². The van der Waals surface area contributed by atoms with Crippen LogP contribution in [0.15, 0.2) is 28.9 Å². The molecule has 0 bridgehead atoms. The lowest BCUT2D eigenvalue weighted by atomic mass is 10.2. The van der Waals surface area contributed by atoms with Gasteiger partial charge in [-0.05, 0) is 12.1 Å². The van der Waals surface area contributed by atoms with Crippen LogP contribution in [0, 0.1) is 0 Å². The van der Waals surface area contributed by atoms with E-state index in [-0.39, 0.29) is 6.54 Å². The highest BCUT2D eigenvalue weighted by molar-refractivity contribution is 5.76. The Kier molecular flexibility index (Phi) is 2.00. The van der Waals surface area contributed by atoms with E-state index in [2.05, 4.69) is 4.98 Å². The molecule has 0 aliphatic carbocycles. The molecule has 0 saturated heterocycles. The summed E-state index contributed by atoms with van der Waals surface area (Å²) in [6.45, 7) is 0.160. The lowest BCUT2D eigenvalue weighted by Crippen LogP contribution is -2.10. The molecule has 0 fully saturated rings. The molecule has 0 saturated carbocycles. The van der Waals surface area contributed by atoms with Crippen molar-refractivity contribution in [2.45, 2.75) is 6.10 Å². The second kappa shape index (κ2) is 3.16. The highest BCUT2D eigenvalue weighted by atomic mass is 16.4. The Bertz CT molecular complexity index is 378. The number of nitrogens with zero attached hydrogens (tertiary/aromatic N) is 1. The standard InChI is InChI=1S/C9H10N2O2/c10-4-7(12)8-3-6-1-2-11-5-9(6)13-8/h1-3,5,7,12H,4,10H2. The molecule has 1 atom stereocenters. The Balaban J connectivity index is 2.49. The Hall–Kier alpha value is -1.39. The number of nitrogens with two attached hydrogens (primary N) is 1. The molecule has 0 radical (unpaired) electrons. The van der Waals surface area contributed by atoms with Crippen molar-refractivity contribution < 1.29 is 9.52 Å². The zero-order valence-corrected chi connectivity index (χ0v) is 6.97. The molecule has 4 heteroatoms. The minimum atomic E-state index is -0.729. The lowest BCUT2D eigenvalue weighted by molar-refractivity contribution is 0.160. The number of fused-ring (bicyclic) bond motifs is 1. The van der Waals surface area contributed by atoms with E-state index in [1.807, 2.05) is 6.07 Å². The molecule has 68 valence electrons. The number of rotatable bonds is 2. The minimum absolute atomic E-state index is 0.160. The van der Waals surface area contributed by atoms with Gasteiger partial charge in [0.25, 0.3) is 0 Å². The van der Waals surface area contributed by atoms with Crippen molar-refractivity contribution in [1.82, 2.24) is 4.98 Å². The maximum Gasteiger partial charge on any atom is 0.152 e. The Morgan fingerprint density at radius 2 is 2.46 bits per heavy atom. The van der Waals surface area contributed by atoms with Gasteiger partial charge in [-0.2, -0.15) is 0 Å². The van der Waals surface area contributed by atoms with Crippen LogP contribution < -0.4 is 5.73 Å². The molecule has 0 aliphatic heterocycles. The van der Waals surface area contributed by atoms with Crippen molar-refractivity contribution >= 4 is 11.0 Å². The number of aliphatic hydroxyl groups excluding tert-OH is 1. The number of pyridine rings is 1. The monoisotopic (exact) mass is 178 g/mol. The first kappa shape index (κ1) is 8.22. The highest BCUT2D eigenvalue weighted by Crippen LogP contribution is 2.22. The average molecular weight is 178 g/mol. The SMILES string of the molecule is NCC(O)c1cc2ccncc2o1. The molecule has 13 heavy (non-hydrogen) atoms. The Labute approximate surface area is 75.0 Å². The topological polar surface area (TPSA) is 72.3 Å². The summed E-state index contributed by atoms with van der Waals surface area (Å²) in [6, 6.07) is 3.60. The van der Waals surface area contributed by atoms with Crippen LogP contribution >= 0.6 is 0 Å². The predicted molar refractivity (Wildman–Crippen MR) is 48.0 cm³/mol. The normalized spacial score (nSPS) is 13.4. The van der Waals surface area contributed by atoms with Crippen LogP contribution in [-0.4, -0.2) is 16.6 Å². The Morgan fingerprint density at radius 1 is 1.62 bits per heavy atom. The van der Waals surface area contributed by atoms with Crippen LogP contribution in [0.4, 0.5) is 0 Å². The first-order valence-electron chi connectivity index (χ1n) is 4.03. The van der Waals surface area contributed by atoms with Crippen molar-refractivity contribution in [3.8, 4) is 0 Å². The van der Waals surface area contributed by atoms with Crippen molar-refractivity contribution in [3.05, 3.63) is 30.3 Å². The largest absolute Gasteiger partial charge is 0.457 e. The average Bonchev–Trinajstić information content (AvgIpc) is 2.59. The second-order valence-electron chi connectivity index (χ2n) is 2.81. The van der Waals surface area contributed by atoms with Gasteiger partial charge in [-0.25, -0.2) is 0 Å². The van der Waals surface area contributed by atoms with Crippen LogP contribution in [0.1, 0.15) is 11.9 Å². The zero-order chi connectivity index (χ0) is 9.26. The quantitative estimate of drug-likeness (QED) is 0.714. The van der Waals surface area contributed by atoms with Crippen molar-refractivity contribution in [1.29, 1.82) is 0 Å². The third kappa shape index (κ3) is 1.41. The van der Waals surface area contributed by atoms with Gasteiger partial charge < -0.3 is 15.3 Å². The fraction of sp³-hybridized carbons (Fsp3) is 0.222. The number of aliphatic hydroxyl groups is 1. The lowest BCUT2D eigenvalue weighted by Gasteiger charge is -2.00. The van der Waals surface area contributed by atoms with Crippen molar-refractivity contribution in [2.75, 3.05) is 6.54 Å². The summed E-state index contributed by atoms with van der Waals surface area (Å²) in [7, 11) is 0. The van der Waals surface area contributed by atoms with Gasteiger partial charge in [-0.1, -0.05) is 0 Å². The van der Waals surface area contributed by atoms with Gasteiger partial charge in [0.15, 0.2) is 5.58 Å². The second-order valence-corrected chi connectivity index (χ2v) is 2.81. The van der Waals surface area contributed by atoms with E-state index >= 15 is 0 Å². The first-order valence-corrected chi connectivity index (χ1v) is 4.03. The van der Waals surface area contributed by atoms with Gasteiger partial charge in [-0.15, -0.1) is 0 Å². The van der Waals surface area contributed by atoms with E-state index in [1.165, 1.54) is 0 Å². The molecule has 2 aromatic heterocycles.